The van der Waals surface area contributed by atoms with E-state index in [2.05, 4.69) is 4.98 Å². The fraction of sp³-hybridized carbons (Fsp3) is 0.143. The highest BCUT2D eigenvalue weighted by Gasteiger charge is 2.22. The van der Waals surface area contributed by atoms with Crippen LogP contribution in [0.3, 0.4) is 0 Å². The van der Waals surface area contributed by atoms with Gasteiger partial charge in [-0.2, -0.15) is 0 Å². The molecule has 0 radical (unpaired) electrons. The number of carboxylic acid groups (broad SMARTS) is 1. The van der Waals surface area contributed by atoms with E-state index in [9.17, 15) is 14.7 Å². The van der Waals surface area contributed by atoms with Gasteiger partial charge in [-0.25, -0.2) is 4.79 Å². The number of carboxylic acids is 1. The summed E-state index contributed by atoms with van der Waals surface area (Å²) in [7, 11) is 4.35. The van der Waals surface area contributed by atoms with Crippen molar-refractivity contribution in [3.8, 4) is 28.5 Å². The van der Waals surface area contributed by atoms with Crippen molar-refractivity contribution < 1.29 is 28.9 Å². The molecule has 0 aliphatic rings. The first-order valence-corrected chi connectivity index (χ1v) is 8.36. The molecule has 0 bridgehead atoms. The summed E-state index contributed by atoms with van der Waals surface area (Å²) in [6.07, 6.45) is 1.75. The van der Waals surface area contributed by atoms with Gasteiger partial charge in [0.1, 0.15) is 0 Å². The standard InChI is InChI=1S/C21H19NO6/c1-26-17-10-13(11-18(27-2)20(17)28-3)19(23)15-9-12(16-5-4-8-22-16)6-7-14(15)21(24)25/h4-11,22H,1-3H3,(H,24,25). The molecule has 0 fully saturated rings. The molecule has 0 saturated heterocycles. The van der Waals surface area contributed by atoms with E-state index in [0.29, 0.717) is 22.8 Å². The highest BCUT2D eigenvalue weighted by Crippen LogP contribution is 2.39. The molecule has 1 heterocycles. The van der Waals surface area contributed by atoms with Crippen LogP contribution in [0.2, 0.25) is 0 Å². The minimum atomic E-state index is -1.19. The molecule has 0 aliphatic carbocycles. The topological polar surface area (TPSA) is 97.9 Å². The Kier molecular flexibility index (Phi) is 5.35. The number of carbonyl (C=O) groups is 2. The van der Waals surface area contributed by atoms with Crippen LogP contribution in [0, 0.1) is 0 Å². The molecule has 0 atom stereocenters. The van der Waals surface area contributed by atoms with Crippen LogP contribution in [-0.4, -0.2) is 43.2 Å². The van der Waals surface area contributed by atoms with Gasteiger partial charge in [0.05, 0.1) is 26.9 Å². The monoisotopic (exact) mass is 381 g/mol. The lowest BCUT2D eigenvalue weighted by Crippen LogP contribution is -2.11. The van der Waals surface area contributed by atoms with Crippen molar-refractivity contribution in [1.29, 1.82) is 0 Å². The normalized spacial score (nSPS) is 10.4. The zero-order chi connectivity index (χ0) is 20.3. The Morgan fingerprint density at radius 2 is 1.57 bits per heavy atom. The number of ketones is 1. The first-order chi connectivity index (χ1) is 13.5. The van der Waals surface area contributed by atoms with Gasteiger partial charge in [-0.3, -0.25) is 4.79 Å². The lowest BCUT2D eigenvalue weighted by Gasteiger charge is -2.14. The number of aromatic nitrogens is 1. The van der Waals surface area contributed by atoms with E-state index in [1.165, 1.54) is 39.5 Å². The molecule has 3 rings (SSSR count). The van der Waals surface area contributed by atoms with Crippen molar-refractivity contribution in [1.82, 2.24) is 4.98 Å². The first kappa shape index (κ1) is 19.0. The van der Waals surface area contributed by atoms with Crippen LogP contribution in [0.5, 0.6) is 17.2 Å². The van der Waals surface area contributed by atoms with E-state index in [-0.39, 0.29) is 16.7 Å². The average molecular weight is 381 g/mol. The van der Waals surface area contributed by atoms with E-state index < -0.39 is 11.8 Å². The molecule has 2 N–H and O–H groups in total. The lowest BCUT2D eigenvalue weighted by molar-refractivity contribution is 0.0693. The van der Waals surface area contributed by atoms with Gasteiger partial charge in [-0.1, -0.05) is 6.07 Å². The number of ether oxygens (including phenoxy) is 3. The van der Waals surface area contributed by atoms with Crippen LogP contribution in [0.15, 0.2) is 48.7 Å². The maximum absolute atomic E-state index is 13.2. The summed E-state index contributed by atoms with van der Waals surface area (Å²) in [5, 5.41) is 9.54. The van der Waals surface area contributed by atoms with E-state index >= 15 is 0 Å². The van der Waals surface area contributed by atoms with E-state index in [4.69, 9.17) is 14.2 Å². The Bertz CT molecular complexity index is 998. The molecule has 3 aromatic rings. The van der Waals surface area contributed by atoms with Gasteiger partial charge in [0.2, 0.25) is 5.75 Å². The number of hydrogen-bond acceptors (Lipinski definition) is 5. The third-order valence-electron chi connectivity index (χ3n) is 4.33. The van der Waals surface area contributed by atoms with Gasteiger partial charge in [0.15, 0.2) is 17.3 Å². The average Bonchev–Trinajstić information content (AvgIpc) is 3.26. The minimum Gasteiger partial charge on any atom is -0.493 e. The Morgan fingerprint density at radius 1 is 0.893 bits per heavy atom. The zero-order valence-electron chi connectivity index (χ0n) is 15.6. The summed E-state index contributed by atoms with van der Waals surface area (Å²) < 4.78 is 15.8. The number of H-pyrrole nitrogens is 1. The lowest BCUT2D eigenvalue weighted by atomic mass is 9.95. The van der Waals surface area contributed by atoms with Crippen LogP contribution in [-0.2, 0) is 0 Å². The highest BCUT2D eigenvalue weighted by atomic mass is 16.5. The van der Waals surface area contributed by atoms with E-state index in [1.54, 1.807) is 18.3 Å². The number of benzene rings is 2. The summed E-state index contributed by atoms with van der Waals surface area (Å²) in [5.41, 5.74) is 1.67. The number of aromatic amines is 1. The number of rotatable bonds is 7. The second-order valence-electron chi connectivity index (χ2n) is 5.89. The quantitative estimate of drug-likeness (QED) is 0.607. The molecule has 0 unspecified atom stereocenters. The van der Waals surface area contributed by atoms with Crippen LogP contribution in [0.1, 0.15) is 26.3 Å². The molecule has 0 saturated carbocycles. The molecule has 7 heteroatoms. The molecular weight excluding hydrogens is 362 g/mol. The molecule has 0 aliphatic heterocycles. The number of nitrogens with one attached hydrogen (secondary N) is 1. The maximum Gasteiger partial charge on any atom is 0.336 e. The van der Waals surface area contributed by atoms with E-state index in [1.807, 2.05) is 12.1 Å². The van der Waals surface area contributed by atoms with Gasteiger partial charge >= 0.3 is 5.97 Å². The van der Waals surface area contributed by atoms with Crippen LogP contribution < -0.4 is 14.2 Å². The van der Waals surface area contributed by atoms with Crippen LogP contribution in [0.4, 0.5) is 0 Å². The summed E-state index contributed by atoms with van der Waals surface area (Å²) in [6.45, 7) is 0. The fourth-order valence-electron chi connectivity index (χ4n) is 2.96. The second kappa shape index (κ2) is 7.87. The summed E-state index contributed by atoms with van der Waals surface area (Å²) >= 11 is 0. The zero-order valence-corrected chi connectivity index (χ0v) is 15.6. The predicted octanol–water partition coefficient (Wildman–Crippen LogP) is 3.64. The van der Waals surface area contributed by atoms with E-state index in [0.717, 1.165) is 5.69 Å². The van der Waals surface area contributed by atoms with Gasteiger partial charge in [-0.15, -0.1) is 0 Å². The Hall–Kier alpha value is -3.74. The van der Waals surface area contributed by atoms with Crippen LogP contribution >= 0.6 is 0 Å². The summed E-state index contributed by atoms with van der Waals surface area (Å²) in [4.78, 5) is 27.9. The van der Waals surface area contributed by atoms with Crippen molar-refractivity contribution in [2.75, 3.05) is 21.3 Å². The van der Waals surface area contributed by atoms with Crippen molar-refractivity contribution in [3.05, 3.63) is 65.4 Å². The molecule has 0 amide bonds. The van der Waals surface area contributed by atoms with Crippen LogP contribution in [0.25, 0.3) is 11.3 Å². The van der Waals surface area contributed by atoms with Gasteiger partial charge in [-0.05, 0) is 42.0 Å². The molecule has 28 heavy (non-hydrogen) atoms. The molecular formula is C21H19NO6. The van der Waals surface area contributed by atoms with Crippen molar-refractivity contribution in [3.63, 3.8) is 0 Å². The third-order valence-corrected chi connectivity index (χ3v) is 4.33. The minimum absolute atomic E-state index is 0.0638. The smallest absolute Gasteiger partial charge is 0.336 e. The largest absolute Gasteiger partial charge is 0.493 e. The number of carbonyl (C=O) groups excluding carboxylic acids is 1. The number of aromatic carboxylic acids is 1. The fourth-order valence-corrected chi connectivity index (χ4v) is 2.96. The second-order valence-corrected chi connectivity index (χ2v) is 5.89. The number of methoxy groups -OCH3 is 3. The Labute approximate surface area is 161 Å². The van der Waals surface area contributed by atoms with Crippen molar-refractivity contribution in [2.45, 2.75) is 0 Å². The molecule has 0 spiro atoms. The van der Waals surface area contributed by atoms with Gasteiger partial charge in [0, 0.05) is 23.0 Å². The van der Waals surface area contributed by atoms with Crippen molar-refractivity contribution in [2.24, 2.45) is 0 Å². The maximum atomic E-state index is 13.2. The summed E-state index contributed by atoms with van der Waals surface area (Å²) in [6, 6.07) is 11.3. The Balaban J connectivity index is 2.16. The number of hydrogen-bond donors (Lipinski definition) is 2. The van der Waals surface area contributed by atoms with Gasteiger partial charge < -0.3 is 24.3 Å². The molecule has 1 aromatic heterocycles. The summed E-state index contributed by atoms with van der Waals surface area (Å²) in [5.74, 6) is -0.691. The predicted molar refractivity (Wildman–Crippen MR) is 103 cm³/mol. The van der Waals surface area contributed by atoms with Gasteiger partial charge in [0.25, 0.3) is 0 Å². The first-order valence-electron chi connectivity index (χ1n) is 8.36. The molecule has 2 aromatic carbocycles. The third kappa shape index (κ3) is 3.42. The Morgan fingerprint density at radius 3 is 2.07 bits per heavy atom. The molecule has 7 nitrogen and oxygen atoms in total. The SMILES string of the molecule is COc1cc(C(=O)c2cc(-c3ccc[nH]3)ccc2C(=O)O)cc(OC)c1OC. The molecule has 144 valence electrons. The highest BCUT2D eigenvalue weighted by molar-refractivity contribution is 6.15. The van der Waals surface area contributed by atoms with Crippen molar-refractivity contribution >= 4 is 11.8 Å².